The predicted octanol–water partition coefficient (Wildman–Crippen LogP) is 3.54. The van der Waals surface area contributed by atoms with E-state index in [9.17, 15) is 9.59 Å². The highest BCUT2D eigenvalue weighted by Crippen LogP contribution is 2.16. The summed E-state index contributed by atoms with van der Waals surface area (Å²) in [6.07, 6.45) is 0.126. The van der Waals surface area contributed by atoms with Gasteiger partial charge >= 0.3 is 5.97 Å². The number of carbonyl (C=O) groups is 2. The summed E-state index contributed by atoms with van der Waals surface area (Å²) in [5.74, 6) is 1.06. The number of thiophene rings is 1. The van der Waals surface area contributed by atoms with Crippen molar-refractivity contribution in [2.45, 2.75) is 12.2 Å². The molecule has 2 aromatic rings. The van der Waals surface area contributed by atoms with Crippen LogP contribution in [0.4, 0.5) is 0 Å². The summed E-state index contributed by atoms with van der Waals surface area (Å²) in [7, 11) is 0. The van der Waals surface area contributed by atoms with Crippen molar-refractivity contribution in [2.75, 3.05) is 18.9 Å². The summed E-state index contributed by atoms with van der Waals surface area (Å²) in [6.45, 7) is 0.311. The summed E-state index contributed by atoms with van der Waals surface area (Å²) >= 11 is 9.26. The third kappa shape index (κ3) is 7.38. The van der Waals surface area contributed by atoms with Crippen molar-refractivity contribution >= 4 is 46.6 Å². The first-order chi connectivity index (χ1) is 11.6. The van der Waals surface area contributed by atoms with Crippen LogP contribution < -0.4 is 5.32 Å². The lowest BCUT2D eigenvalue weighted by Gasteiger charge is -2.06. The van der Waals surface area contributed by atoms with Gasteiger partial charge in [0, 0.05) is 28.0 Å². The Bertz CT molecular complexity index is 644. The summed E-state index contributed by atoms with van der Waals surface area (Å²) < 4.78 is 4.96. The van der Waals surface area contributed by atoms with Gasteiger partial charge in [0.2, 0.25) is 0 Å². The number of hydrogen-bond acceptors (Lipinski definition) is 5. The molecule has 0 saturated heterocycles. The molecule has 24 heavy (non-hydrogen) atoms. The van der Waals surface area contributed by atoms with Gasteiger partial charge in [0.05, 0.1) is 6.42 Å². The van der Waals surface area contributed by atoms with Crippen molar-refractivity contribution in [3.8, 4) is 0 Å². The van der Waals surface area contributed by atoms with Gasteiger partial charge in [-0.25, -0.2) is 0 Å². The molecule has 7 heteroatoms. The Balaban J connectivity index is 1.53. The topological polar surface area (TPSA) is 55.4 Å². The van der Waals surface area contributed by atoms with E-state index < -0.39 is 5.97 Å². The number of rotatable bonds is 9. The number of halogens is 1. The van der Waals surface area contributed by atoms with Crippen LogP contribution in [0.25, 0.3) is 0 Å². The Morgan fingerprint density at radius 2 is 2.00 bits per heavy atom. The van der Waals surface area contributed by atoms with Crippen LogP contribution in [0, 0.1) is 0 Å². The van der Waals surface area contributed by atoms with Crippen LogP contribution in [0.15, 0.2) is 41.8 Å². The molecule has 0 spiro atoms. The first kappa shape index (κ1) is 18.8. The maximum absolute atomic E-state index is 11.7. The maximum atomic E-state index is 11.7. The number of esters is 1. The lowest BCUT2D eigenvalue weighted by Crippen LogP contribution is -2.30. The van der Waals surface area contributed by atoms with E-state index in [1.807, 2.05) is 6.07 Å². The van der Waals surface area contributed by atoms with Crippen molar-refractivity contribution in [3.05, 3.63) is 57.2 Å². The monoisotopic (exact) mass is 383 g/mol. The van der Waals surface area contributed by atoms with Crippen LogP contribution in [0.1, 0.15) is 10.4 Å². The summed E-state index contributed by atoms with van der Waals surface area (Å²) in [5, 5.41) is 5.40. The van der Waals surface area contributed by atoms with Gasteiger partial charge in [-0.05, 0) is 29.1 Å². The number of carbonyl (C=O) groups excluding carboxylic acids is 2. The second-order valence-electron chi connectivity index (χ2n) is 4.95. The van der Waals surface area contributed by atoms with Gasteiger partial charge in [-0.15, -0.1) is 11.3 Å². The van der Waals surface area contributed by atoms with E-state index in [0.29, 0.717) is 11.6 Å². The molecule has 0 aliphatic carbocycles. The fraction of sp³-hybridized carbons (Fsp3) is 0.294. The molecule has 1 N–H and O–H groups in total. The van der Waals surface area contributed by atoms with Crippen molar-refractivity contribution in [1.82, 2.24) is 5.32 Å². The fourth-order valence-corrected chi connectivity index (χ4v) is 3.67. The maximum Gasteiger partial charge on any atom is 0.310 e. The molecule has 0 atom stereocenters. The lowest BCUT2D eigenvalue weighted by atomic mass is 10.1. The van der Waals surface area contributed by atoms with Gasteiger partial charge in [0.1, 0.15) is 0 Å². The number of amides is 1. The van der Waals surface area contributed by atoms with Gasteiger partial charge in [0.25, 0.3) is 5.91 Å². The van der Waals surface area contributed by atoms with E-state index in [0.717, 1.165) is 17.1 Å². The number of ether oxygens (including phenoxy) is 1. The van der Waals surface area contributed by atoms with E-state index in [-0.39, 0.29) is 18.9 Å². The normalized spacial score (nSPS) is 10.4. The van der Waals surface area contributed by atoms with E-state index in [1.54, 1.807) is 47.4 Å². The first-order valence-corrected chi connectivity index (χ1v) is 9.81. The Hall–Kier alpha value is -1.50. The van der Waals surface area contributed by atoms with Crippen LogP contribution in [0.3, 0.4) is 0 Å². The standard InChI is InChI=1S/C17H18ClNO3S2/c18-14-5-3-13(4-6-14)10-17(21)22-11-16(20)19-7-9-23-12-15-2-1-8-24-15/h1-6,8H,7,9-12H2,(H,19,20). The molecule has 0 aliphatic heterocycles. The molecule has 1 aromatic heterocycles. The molecule has 128 valence electrons. The first-order valence-electron chi connectivity index (χ1n) is 7.40. The third-order valence-corrected chi connectivity index (χ3v) is 5.34. The smallest absolute Gasteiger partial charge is 0.310 e. The summed E-state index contributed by atoms with van der Waals surface area (Å²) in [6, 6.07) is 11.1. The summed E-state index contributed by atoms with van der Waals surface area (Å²) in [5.41, 5.74) is 0.801. The van der Waals surface area contributed by atoms with Gasteiger partial charge in [-0.1, -0.05) is 29.8 Å². The molecule has 0 saturated carbocycles. The minimum Gasteiger partial charge on any atom is -0.455 e. The molecule has 0 bridgehead atoms. The molecule has 2 rings (SSSR count). The molecule has 4 nitrogen and oxygen atoms in total. The van der Waals surface area contributed by atoms with Gasteiger partial charge < -0.3 is 10.1 Å². The van der Waals surface area contributed by atoms with Crippen LogP contribution in [0.5, 0.6) is 0 Å². The zero-order valence-electron chi connectivity index (χ0n) is 13.0. The predicted molar refractivity (Wildman–Crippen MR) is 99.6 cm³/mol. The van der Waals surface area contributed by atoms with Crippen LogP contribution >= 0.6 is 34.7 Å². The Labute approximate surface area is 154 Å². The minimum atomic E-state index is -0.431. The molecule has 1 heterocycles. The fourth-order valence-electron chi connectivity index (χ4n) is 1.85. The van der Waals surface area contributed by atoms with E-state index in [2.05, 4.69) is 16.8 Å². The highest BCUT2D eigenvalue weighted by atomic mass is 35.5. The minimum absolute atomic E-state index is 0.126. The third-order valence-electron chi connectivity index (χ3n) is 3.02. The SMILES string of the molecule is O=C(COC(=O)Cc1ccc(Cl)cc1)NCCSCc1cccs1. The highest BCUT2D eigenvalue weighted by molar-refractivity contribution is 7.98. The van der Waals surface area contributed by atoms with Crippen molar-refractivity contribution < 1.29 is 14.3 Å². The number of benzene rings is 1. The molecule has 1 amide bonds. The number of thioether (sulfide) groups is 1. The number of hydrogen-bond donors (Lipinski definition) is 1. The van der Waals surface area contributed by atoms with Crippen molar-refractivity contribution in [3.63, 3.8) is 0 Å². The van der Waals surface area contributed by atoms with E-state index in [4.69, 9.17) is 16.3 Å². The largest absolute Gasteiger partial charge is 0.455 e. The highest BCUT2D eigenvalue weighted by Gasteiger charge is 2.08. The zero-order chi connectivity index (χ0) is 17.2. The average Bonchev–Trinajstić information content (AvgIpc) is 3.08. The molecule has 0 fully saturated rings. The van der Waals surface area contributed by atoms with Crippen LogP contribution in [-0.2, 0) is 26.5 Å². The Kier molecular flexibility index (Phi) is 8.15. The lowest BCUT2D eigenvalue weighted by molar-refractivity contribution is -0.147. The Morgan fingerprint density at radius 3 is 2.71 bits per heavy atom. The quantitative estimate of drug-likeness (QED) is 0.531. The van der Waals surface area contributed by atoms with Crippen LogP contribution in [0.2, 0.25) is 5.02 Å². The second kappa shape index (κ2) is 10.4. The number of nitrogens with one attached hydrogen (secondary N) is 1. The summed E-state index contributed by atoms with van der Waals surface area (Å²) in [4.78, 5) is 24.6. The van der Waals surface area contributed by atoms with Crippen molar-refractivity contribution in [1.29, 1.82) is 0 Å². The van der Waals surface area contributed by atoms with E-state index >= 15 is 0 Å². The molecule has 0 radical (unpaired) electrons. The van der Waals surface area contributed by atoms with Crippen molar-refractivity contribution in [2.24, 2.45) is 0 Å². The molecule has 0 aliphatic rings. The van der Waals surface area contributed by atoms with Gasteiger partial charge in [-0.2, -0.15) is 11.8 Å². The molecular weight excluding hydrogens is 366 g/mol. The van der Waals surface area contributed by atoms with Gasteiger partial charge in [0.15, 0.2) is 6.61 Å². The molecule has 1 aromatic carbocycles. The van der Waals surface area contributed by atoms with Crippen LogP contribution in [-0.4, -0.2) is 30.8 Å². The molecule has 0 unspecified atom stereocenters. The van der Waals surface area contributed by atoms with Gasteiger partial charge in [-0.3, -0.25) is 9.59 Å². The second-order valence-corrected chi connectivity index (χ2v) is 7.52. The Morgan fingerprint density at radius 1 is 1.21 bits per heavy atom. The molecular formula is C17H18ClNO3S2. The average molecular weight is 384 g/mol. The van der Waals surface area contributed by atoms with E-state index in [1.165, 1.54) is 4.88 Å². The zero-order valence-corrected chi connectivity index (χ0v) is 15.4.